The van der Waals surface area contributed by atoms with Crippen molar-refractivity contribution < 1.29 is 8.42 Å². The predicted octanol–water partition coefficient (Wildman–Crippen LogP) is 3.34. The van der Waals surface area contributed by atoms with Crippen LogP contribution in [-0.2, 0) is 16.4 Å². The second-order valence-electron chi connectivity index (χ2n) is 7.04. The van der Waals surface area contributed by atoms with E-state index in [-0.39, 0.29) is 4.90 Å². The molecule has 6 nitrogen and oxygen atoms in total. The molecule has 7 heteroatoms. The van der Waals surface area contributed by atoms with Crippen molar-refractivity contribution in [1.82, 2.24) is 10.2 Å². The highest BCUT2D eigenvalue weighted by Gasteiger charge is 2.21. The molecule has 1 aromatic heterocycles. The SMILES string of the molecule is CCc1ccc(-c2ccc(N[C@@H]3CCCC[C@H]3C)nn2)cc1S(N)(=O)=O. The maximum Gasteiger partial charge on any atom is 0.238 e. The molecule has 1 heterocycles. The smallest absolute Gasteiger partial charge is 0.238 e. The van der Waals surface area contributed by atoms with Gasteiger partial charge < -0.3 is 5.32 Å². The van der Waals surface area contributed by atoms with Gasteiger partial charge in [-0.15, -0.1) is 10.2 Å². The summed E-state index contributed by atoms with van der Waals surface area (Å²) in [5.41, 5.74) is 2.02. The molecule has 1 saturated carbocycles. The van der Waals surface area contributed by atoms with Gasteiger partial charge >= 0.3 is 0 Å². The summed E-state index contributed by atoms with van der Waals surface area (Å²) in [6.07, 6.45) is 5.53. The molecule has 0 spiro atoms. The zero-order valence-corrected chi connectivity index (χ0v) is 16.1. The summed E-state index contributed by atoms with van der Waals surface area (Å²) in [6.45, 7) is 4.17. The fourth-order valence-electron chi connectivity index (χ4n) is 3.55. The zero-order valence-electron chi connectivity index (χ0n) is 15.3. The monoisotopic (exact) mass is 374 g/mol. The van der Waals surface area contributed by atoms with Gasteiger partial charge in [0.25, 0.3) is 0 Å². The Morgan fingerprint density at radius 2 is 1.92 bits per heavy atom. The highest BCUT2D eigenvalue weighted by Crippen LogP contribution is 2.27. The van der Waals surface area contributed by atoms with Crippen LogP contribution in [0.1, 0.15) is 45.1 Å². The standard InChI is InChI=1S/C19H26N4O2S/c1-3-14-8-9-15(12-18(14)26(20,24)25)17-10-11-19(23-22-17)21-16-7-5-4-6-13(16)2/h8-13,16H,3-7H2,1-2H3,(H,21,23)(H2,20,24,25)/t13-,16-/m1/s1. The lowest BCUT2D eigenvalue weighted by atomic mass is 9.86. The first-order valence-corrected chi connectivity index (χ1v) is 10.7. The third kappa shape index (κ3) is 4.22. The molecule has 1 aliphatic carbocycles. The largest absolute Gasteiger partial charge is 0.366 e. The van der Waals surface area contributed by atoms with Crippen LogP contribution >= 0.6 is 0 Å². The fourth-order valence-corrected chi connectivity index (χ4v) is 4.42. The Morgan fingerprint density at radius 1 is 1.15 bits per heavy atom. The van der Waals surface area contributed by atoms with Crippen LogP contribution in [0.5, 0.6) is 0 Å². The summed E-state index contributed by atoms with van der Waals surface area (Å²) in [4.78, 5) is 0.150. The molecule has 26 heavy (non-hydrogen) atoms. The summed E-state index contributed by atoms with van der Waals surface area (Å²) in [7, 11) is -3.77. The maximum atomic E-state index is 11.8. The Hall–Kier alpha value is -1.99. The highest BCUT2D eigenvalue weighted by atomic mass is 32.2. The van der Waals surface area contributed by atoms with E-state index in [1.807, 2.05) is 25.1 Å². The van der Waals surface area contributed by atoms with Gasteiger partial charge in [0.1, 0.15) is 5.82 Å². The summed E-state index contributed by atoms with van der Waals surface area (Å²) >= 11 is 0. The molecule has 0 bridgehead atoms. The third-order valence-corrected chi connectivity index (χ3v) is 6.15. The lowest BCUT2D eigenvalue weighted by Crippen LogP contribution is -2.30. The van der Waals surface area contributed by atoms with Gasteiger partial charge in [-0.05, 0) is 48.9 Å². The first-order valence-electron chi connectivity index (χ1n) is 9.15. The maximum absolute atomic E-state index is 11.8. The second-order valence-corrected chi connectivity index (χ2v) is 8.57. The minimum Gasteiger partial charge on any atom is -0.366 e. The second kappa shape index (κ2) is 7.72. The van der Waals surface area contributed by atoms with E-state index < -0.39 is 10.0 Å². The number of rotatable bonds is 5. The number of aryl methyl sites for hydroxylation is 1. The number of anilines is 1. The van der Waals surface area contributed by atoms with Gasteiger partial charge in [0, 0.05) is 11.6 Å². The number of hydrogen-bond acceptors (Lipinski definition) is 5. The number of nitrogens with two attached hydrogens (primary N) is 1. The third-order valence-electron chi connectivity index (χ3n) is 5.16. The Bertz CT molecular complexity index is 866. The van der Waals surface area contributed by atoms with Crippen LogP contribution in [0.25, 0.3) is 11.3 Å². The van der Waals surface area contributed by atoms with E-state index in [0.29, 0.717) is 35.2 Å². The topological polar surface area (TPSA) is 98.0 Å². The van der Waals surface area contributed by atoms with Gasteiger partial charge in [-0.1, -0.05) is 38.8 Å². The van der Waals surface area contributed by atoms with E-state index in [1.54, 1.807) is 12.1 Å². The van der Waals surface area contributed by atoms with Gasteiger partial charge in [-0.3, -0.25) is 0 Å². The van der Waals surface area contributed by atoms with Crippen molar-refractivity contribution in [3.05, 3.63) is 35.9 Å². The molecule has 1 aromatic carbocycles. The number of nitrogens with one attached hydrogen (secondary N) is 1. The van der Waals surface area contributed by atoms with Crippen molar-refractivity contribution in [2.75, 3.05) is 5.32 Å². The molecule has 0 amide bonds. The van der Waals surface area contributed by atoms with Crippen LogP contribution in [0.3, 0.4) is 0 Å². The van der Waals surface area contributed by atoms with Crippen molar-refractivity contribution in [1.29, 1.82) is 0 Å². The number of benzene rings is 1. The number of nitrogens with zero attached hydrogens (tertiary/aromatic N) is 2. The van der Waals surface area contributed by atoms with Crippen molar-refractivity contribution >= 4 is 15.8 Å². The fraction of sp³-hybridized carbons (Fsp3) is 0.474. The quantitative estimate of drug-likeness (QED) is 0.836. The van der Waals surface area contributed by atoms with Crippen LogP contribution in [0.4, 0.5) is 5.82 Å². The van der Waals surface area contributed by atoms with Gasteiger partial charge in [0.05, 0.1) is 10.6 Å². The minimum absolute atomic E-state index is 0.150. The van der Waals surface area contributed by atoms with E-state index in [4.69, 9.17) is 5.14 Å². The first kappa shape index (κ1) is 18.8. The molecule has 0 unspecified atom stereocenters. The normalized spacial score (nSPS) is 20.7. The average molecular weight is 375 g/mol. The van der Waals surface area contributed by atoms with E-state index in [2.05, 4.69) is 22.4 Å². The van der Waals surface area contributed by atoms with Crippen molar-refractivity contribution in [2.45, 2.75) is 56.9 Å². The predicted molar refractivity (Wildman–Crippen MR) is 103 cm³/mol. The Labute approximate surface area is 155 Å². The Kier molecular flexibility index (Phi) is 5.58. The summed E-state index contributed by atoms with van der Waals surface area (Å²) in [5, 5.41) is 17.4. The van der Waals surface area contributed by atoms with Gasteiger partial charge in [0.15, 0.2) is 0 Å². The van der Waals surface area contributed by atoms with Crippen molar-refractivity contribution in [2.24, 2.45) is 11.1 Å². The highest BCUT2D eigenvalue weighted by molar-refractivity contribution is 7.89. The van der Waals surface area contributed by atoms with Crippen LogP contribution in [-0.4, -0.2) is 24.7 Å². The first-order chi connectivity index (χ1) is 12.4. The lowest BCUT2D eigenvalue weighted by molar-refractivity contribution is 0.349. The van der Waals surface area contributed by atoms with Crippen LogP contribution in [0, 0.1) is 5.92 Å². The van der Waals surface area contributed by atoms with Crippen LogP contribution in [0.2, 0.25) is 0 Å². The van der Waals surface area contributed by atoms with E-state index in [0.717, 1.165) is 12.2 Å². The summed E-state index contributed by atoms with van der Waals surface area (Å²) in [6, 6.07) is 9.40. The molecule has 140 valence electrons. The summed E-state index contributed by atoms with van der Waals surface area (Å²) < 4.78 is 23.7. The average Bonchev–Trinajstić information content (AvgIpc) is 2.63. The zero-order chi connectivity index (χ0) is 18.7. The molecule has 2 atom stereocenters. The minimum atomic E-state index is -3.77. The Balaban J connectivity index is 1.82. The van der Waals surface area contributed by atoms with Crippen LogP contribution < -0.4 is 10.5 Å². The molecule has 0 aliphatic heterocycles. The van der Waals surface area contributed by atoms with Crippen molar-refractivity contribution in [3.8, 4) is 11.3 Å². The van der Waals surface area contributed by atoms with Crippen molar-refractivity contribution in [3.63, 3.8) is 0 Å². The molecule has 2 aromatic rings. The number of sulfonamides is 1. The van der Waals surface area contributed by atoms with E-state index in [1.165, 1.54) is 19.3 Å². The van der Waals surface area contributed by atoms with Gasteiger partial charge in [-0.2, -0.15) is 0 Å². The molecule has 0 saturated heterocycles. The van der Waals surface area contributed by atoms with Gasteiger partial charge in [-0.25, -0.2) is 13.6 Å². The molecule has 1 fully saturated rings. The molecule has 0 radical (unpaired) electrons. The van der Waals surface area contributed by atoms with E-state index >= 15 is 0 Å². The van der Waals surface area contributed by atoms with Gasteiger partial charge in [0.2, 0.25) is 10.0 Å². The Morgan fingerprint density at radius 3 is 2.54 bits per heavy atom. The number of primary sulfonamides is 1. The van der Waals surface area contributed by atoms with Crippen LogP contribution in [0.15, 0.2) is 35.2 Å². The number of aromatic nitrogens is 2. The molecule has 3 rings (SSSR count). The number of hydrogen-bond donors (Lipinski definition) is 2. The lowest BCUT2D eigenvalue weighted by Gasteiger charge is -2.29. The molecule has 1 aliphatic rings. The summed E-state index contributed by atoms with van der Waals surface area (Å²) in [5.74, 6) is 1.38. The molecule has 3 N–H and O–H groups in total. The van der Waals surface area contributed by atoms with E-state index in [9.17, 15) is 8.42 Å². The molecular formula is C19H26N4O2S. The molecular weight excluding hydrogens is 348 g/mol.